The van der Waals surface area contributed by atoms with Crippen molar-refractivity contribution >= 4 is 34.8 Å². The lowest BCUT2D eigenvalue weighted by atomic mass is 10.1. The van der Waals surface area contributed by atoms with Crippen molar-refractivity contribution in [1.29, 1.82) is 0 Å². The Kier molecular flexibility index (Phi) is 4.31. The third-order valence-electron chi connectivity index (χ3n) is 3.16. The Bertz CT molecular complexity index is 657. The molecule has 2 rings (SSSR count). The quantitative estimate of drug-likeness (QED) is 0.776. The van der Waals surface area contributed by atoms with Gasteiger partial charge in [0.25, 0.3) is 5.91 Å². The number of hydrogen-bond donors (Lipinski definition) is 0. The highest BCUT2D eigenvalue weighted by Gasteiger charge is 2.22. The minimum absolute atomic E-state index is 0.178. The van der Waals surface area contributed by atoms with E-state index in [1.54, 1.807) is 20.9 Å². The number of aryl methyl sites for hydroxylation is 1. The van der Waals surface area contributed by atoms with E-state index < -0.39 is 0 Å². The summed E-state index contributed by atoms with van der Waals surface area (Å²) in [6.45, 7) is 3.53. The molecule has 104 valence electrons. The van der Waals surface area contributed by atoms with Crippen LogP contribution in [0.15, 0.2) is 30.3 Å². The van der Waals surface area contributed by atoms with E-state index in [0.29, 0.717) is 21.8 Å². The van der Waals surface area contributed by atoms with Crippen LogP contribution in [-0.4, -0.2) is 17.9 Å². The minimum Gasteiger partial charge on any atom is -0.311 e. The molecule has 2 aromatic rings. The molecule has 1 aromatic carbocycles. The van der Waals surface area contributed by atoms with Crippen molar-refractivity contribution in [3.05, 3.63) is 57.3 Å². The average Bonchev–Trinajstić information content (AvgIpc) is 2.45. The van der Waals surface area contributed by atoms with E-state index in [1.165, 1.54) is 4.90 Å². The Morgan fingerprint density at radius 1 is 1.15 bits per heavy atom. The normalized spacial score (nSPS) is 10.4. The molecule has 0 radical (unpaired) electrons. The molecule has 0 aliphatic carbocycles. The summed E-state index contributed by atoms with van der Waals surface area (Å²) >= 11 is 12.3. The minimum atomic E-state index is -0.229. The van der Waals surface area contributed by atoms with Gasteiger partial charge in [-0.25, -0.2) is 4.98 Å². The van der Waals surface area contributed by atoms with Gasteiger partial charge in [0.05, 0.1) is 16.3 Å². The van der Waals surface area contributed by atoms with Crippen LogP contribution in [0, 0.1) is 13.8 Å². The van der Waals surface area contributed by atoms with Crippen LogP contribution in [-0.2, 0) is 0 Å². The summed E-state index contributed by atoms with van der Waals surface area (Å²) in [5.74, 6) is -0.229. The first kappa shape index (κ1) is 14.8. The molecule has 0 unspecified atom stereocenters. The maximum Gasteiger partial charge on any atom is 0.261 e. The summed E-state index contributed by atoms with van der Waals surface area (Å²) in [6.07, 6.45) is 0. The third-order valence-corrected chi connectivity index (χ3v) is 3.99. The molecular formula is C15H14Cl2N2O. The van der Waals surface area contributed by atoms with E-state index in [2.05, 4.69) is 4.98 Å². The van der Waals surface area contributed by atoms with Crippen LogP contribution < -0.4 is 4.90 Å². The summed E-state index contributed by atoms with van der Waals surface area (Å²) < 4.78 is 0. The largest absolute Gasteiger partial charge is 0.311 e. The van der Waals surface area contributed by atoms with Crippen molar-refractivity contribution < 1.29 is 4.79 Å². The molecular weight excluding hydrogens is 295 g/mol. The fourth-order valence-electron chi connectivity index (χ4n) is 1.97. The van der Waals surface area contributed by atoms with Gasteiger partial charge in [-0.1, -0.05) is 41.4 Å². The SMILES string of the molecule is Cc1nc(Cl)c(C(=O)N(C)c2ccccc2)c(C)c1Cl. The first-order chi connectivity index (χ1) is 9.43. The number of benzene rings is 1. The molecule has 1 heterocycles. The van der Waals surface area contributed by atoms with Gasteiger partial charge in [-0.15, -0.1) is 0 Å². The smallest absolute Gasteiger partial charge is 0.261 e. The number of nitrogens with zero attached hydrogens (tertiary/aromatic N) is 2. The lowest BCUT2D eigenvalue weighted by molar-refractivity contribution is 0.0992. The fraction of sp³-hybridized carbons (Fsp3) is 0.200. The number of amides is 1. The first-order valence-electron chi connectivity index (χ1n) is 6.08. The second-order valence-electron chi connectivity index (χ2n) is 4.50. The van der Waals surface area contributed by atoms with E-state index >= 15 is 0 Å². The molecule has 0 saturated carbocycles. The zero-order valence-corrected chi connectivity index (χ0v) is 13.0. The van der Waals surface area contributed by atoms with E-state index in [9.17, 15) is 4.79 Å². The molecule has 0 aliphatic heterocycles. The van der Waals surface area contributed by atoms with E-state index in [4.69, 9.17) is 23.2 Å². The van der Waals surface area contributed by atoms with E-state index in [1.807, 2.05) is 30.3 Å². The second-order valence-corrected chi connectivity index (χ2v) is 5.24. The van der Waals surface area contributed by atoms with Gasteiger partial charge in [-0.05, 0) is 31.5 Å². The Morgan fingerprint density at radius 3 is 2.35 bits per heavy atom. The standard InChI is InChI=1S/C15H14Cl2N2O/c1-9-12(14(17)18-10(2)13(9)16)15(20)19(3)11-7-5-4-6-8-11/h4-8H,1-3H3. The number of hydrogen-bond acceptors (Lipinski definition) is 2. The summed E-state index contributed by atoms with van der Waals surface area (Å²) in [5.41, 5.74) is 2.39. The van der Waals surface area contributed by atoms with Crippen LogP contribution in [0.5, 0.6) is 0 Å². The number of carbonyl (C=O) groups excluding carboxylic acids is 1. The van der Waals surface area contributed by atoms with Gasteiger partial charge >= 0.3 is 0 Å². The van der Waals surface area contributed by atoms with E-state index in [-0.39, 0.29) is 11.1 Å². The lowest BCUT2D eigenvalue weighted by Crippen LogP contribution is -2.27. The van der Waals surface area contributed by atoms with Gasteiger partial charge in [-0.2, -0.15) is 0 Å². The van der Waals surface area contributed by atoms with Gasteiger partial charge in [0, 0.05) is 12.7 Å². The zero-order chi connectivity index (χ0) is 14.9. The highest BCUT2D eigenvalue weighted by molar-refractivity contribution is 6.36. The highest BCUT2D eigenvalue weighted by Crippen LogP contribution is 2.29. The molecule has 0 N–H and O–H groups in total. The van der Waals surface area contributed by atoms with Crippen LogP contribution in [0.4, 0.5) is 5.69 Å². The molecule has 20 heavy (non-hydrogen) atoms. The summed E-state index contributed by atoms with van der Waals surface area (Å²) in [7, 11) is 1.70. The molecule has 1 aromatic heterocycles. The average molecular weight is 309 g/mol. The van der Waals surface area contributed by atoms with Gasteiger partial charge < -0.3 is 4.90 Å². The van der Waals surface area contributed by atoms with Crippen LogP contribution in [0.1, 0.15) is 21.6 Å². The third kappa shape index (κ3) is 2.65. The Hall–Kier alpha value is -1.58. The number of aromatic nitrogens is 1. The summed E-state index contributed by atoms with van der Waals surface area (Å²) in [6, 6.07) is 9.33. The summed E-state index contributed by atoms with van der Waals surface area (Å²) in [4.78, 5) is 18.2. The van der Waals surface area contributed by atoms with Crippen molar-refractivity contribution in [2.75, 3.05) is 11.9 Å². The van der Waals surface area contributed by atoms with Gasteiger partial charge in [-0.3, -0.25) is 4.79 Å². The van der Waals surface area contributed by atoms with Crippen LogP contribution >= 0.6 is 23.2 Å². The number of carbonyl (C=O) groups is 1. The summed E-state index contributed by atoms with van der Waals surface area (Å²) in [5, 5.41) is 0.649. The topological polar surface area (TPSA) is 33.2 Å². The fourth-order valence-corrected chi connectivity index (χ4v) is 2.46. The zero-order valence-electron chi connectivity index (χ0n) is 11.4. The molecule has 0 saturated heterocycles. The van der Waals surface area contributed by atoms with Crippen molar-refractivity contribution in [3.63, 3.8) is 0 Å². The Balaban J connectivity index is 2.47. The first-order valence-corrected chi connectivity index (χ1v) is 6.84. The number of anilines is 1. The molecule has 1 amide bonds. The number of para-hydroxylation sites is 1. The van der Waals surface area contributed by atoms with Crippen molar-refractivity contribution in [3.8, 4) is 0 Å². The van der Waals surface area contributed by atoms with E-state index in [0.717, 1.165) is 5.69 Å². The molecule has 0 bridgehead atoms. The number of pyridine rings is 1. The maximum absolute atomic E-state index is 12.6. The maximum atomic E-state index is 12.6. The van der Waals surface area contributed by atoms with Crippen molar-refractivity contribution in [1.82, 2.24) is 4.98 Å². The Morgan fingerprint density at radius 2 is 1.75 bits per heavy atom. The Labute approximate surface area is 128 Å². The van der Waals surface area contributed by atoms with Crippen molar-refractivity contribution in [2.45, 2.75) is 13.8 Å². The molecule has 0 fully saturated rings. The predicted octanol–water partition coefficient (Wildman–Crippen LogP) is 4.28. The second kappa shape index (κ2) is 5.81. The predicted molar refractivity (Wildman–Crippen MR) is 82.9 cm³/mol. The van der Waals surface area contributed by atoms with Gasteiger partial charge in [0.1, 0.15) is 5.15 Å². The van der Waals surface area contributed by atoms with Gasteiger partial charge in [0.15, 0.2) is 0 Å². The highest BCUT2D eigenvalue weighted by atomic mass is 35.5. The number of rotatable bonds is 2. The lowest BCUT2D eigenvalue weighted by Gasteiger charge is -2.19. The molecule has 0 aliphatic rings. The van der Waals surface area contributed by atoms with Crippen LogP contribution in [0.3, 0.4) is 0 Å². The number of halogens is 2. The van der Waals surface area contributed by atoms with Crippen LogP contribution in [0.2, 0.25) is 10.2 Å². The molecule has 0 atom stereocenters. The van der Waals surface area contributed by atoms with Gasteiger partial charge in [0.2, 0.25) is 0 Å². The van der Waals surface area contributed by atoms with Crippen molar-refractivity contribution in [2.24, 2.45) is 0 Å². The van der Waals surface area contributed by atoms with Crippen LogP contribution in [0.25, 0.3) is 0 Å². The molecule has 5 heteroatoms. The monoisotopic (exact) mass is 308 g/mol. The molecule has 0 spiro atoms. The molecule has 3 nitrogen and oxygen atoms in total.